The van der Waals surface area contributed by atoms with Crippen molar-refractivity contribution in [3.05, 3.63) is 0 Å². The van der Waals surface area contributed by atoms with E-state index in [0.717, 1.165) is 0 Å². The summed E-state index contributed by atoms with van der Waals surface area (Å²) in [6, 6.07) is -3.00. The second-order valence-electron chi connectivity index (χ2n) is 4.83. The third-order valence-corrected chi connectivity index (χ3v) is 2.75. The van der Waals surface area contributed by atoms with Crippen molar-refractivity contribution in [2.24, 2.45) is 17.2 Å². The summed E-state index contributed by atoms with van der Waals surface area (Å²) in [5.41, 5.74) is 14.4. The van der Waals surface area contributed by atoms with Gasteiger partial charge in [0.05, 0.1) is 0 Å². The summed E-state index contributed by atoms with van der Waals surface area (Å²) >= 11 is 0. The number of carbonyl (C=O) groups is 6. The largest absolute Gasteiger partial charge is 0.351 e. The number of carbonyl (C=O) groups excluding carboxylic acids is 6. The molecule has 9 N–H and O–H groups in total. The lowest BCUT2D eigenvalue weighted by molar-refractivity contribution is -0.120. The van der Waals surface area contributed by atoms with E-state index in [1.807, 2.05) is 16.0 Å². The van der Waals surface area contributed by atoms with Gasteiger partial charge in [-0.3, -0.25) is 30.3 Å². The molecule has 0 aliphatic carbocycles. The van der Waals surface area contributed by atoms with Crippen LogP contribution in [0.5, 0.6) is 0 Å². The summed E-state index contributed by atoms with van der Waals surface area (Å²) in [4.78, 5) is 67.5. The first-order valence-electron chi connectivity index (χ1n) is 7.10. The van der Waals surface area contributed by atoms with Gasteiger partial charge in [0.1, 0.15) is 0 Å². The van der Waals surface area contributed by atoms with Gasteiger partial charge in [-0.05, 0) is 0 Å². The Bertz CT molecular complexity index is 474. The number of hydrogen-bond acceptors (Lipinski definition) is 7. The highest BCUT2D eigenvalue weighted by Crippen LogP contribution is 1.98. The third kappa shape index (κ3) is 13.0. The van der Waals surface area contributed by atoms with Crippen molar-refractivity contribution in [3.8, 4) is 0 Å². The molecule has 0 unspecified atom stereocenters. The van der Waals surface area contributed by atoms with E-state index < -0.39 is 35.8 Å². The van der Waals surface area contributed by atoms with Crippen LogP contribution in [-0.2, 0) is 14.4 Å². The fourth-order valence-corrected chi connectivity index (χ4v) is 1.71. The van der Waals surface area contributed by atoms with Crippen molar-refractivity contribution in [3.63, 3.8) is 0 Å². The number of nitrogens with one attached hydrogen (secondary N) is 3. The van der Waals surface area contributed by atoms with E-state index in [4.69, 9.17) is 17.2 Å². The first-order valence-corrected chi connectivity index (χ1v) is 7.10. The first-order chi connectivity index (χ1) is 11.6. The minimum absolute atomic E-state index is 0.0901. The molecule has 0 aliphatic rings. The zero-order valence-corrected chi connectivity index (χ0v) is 13.4. The van der Waals surface area contributed by atoms with E-state index in [2.05, 4.69) is 0 Å². The maximum absolute atomic E-state index is 11.4. The molecule has 0 radical (unpaired) electrons. The second kappa shape index (κ2) is 11.3. The van der Waals surface area contributed by atoms with E-state index >= 15 is 0 Å². The average molecular weight is 359 g/mol. The Hall–Kier alpha value is -3.22. The van der Waals surface area contributed by atoms with Crippen LogP contribution in [0.4, 0.5) is 14.4 Å². The van der Waals surface area contributed by atoms with Crippen LogP contribution in [0.3, 0.4) is 0 Å². The smallest absolute Gasteiger partial charge is 0.318 e. The number of primary amides is 3. The van der Waals surface area contributed by atoms with E-state index in [0.29, 0.717) is 0 Å². The first kappa shape index (κ1) is 21.8. The summed E-state index contributed by atoms with van der Waals surface area (Å²) in [6.45, 7) is 0.270. The monoisotopic (exact) mass is 359 g/mol. The highest BCUT2D eigenvalue weighted by Gasteiger charge is 2.14. The molecule has 0 aromatic carbocycles. The van der Waals surface area contributed by atoms with Crippen LogP contribution < -0.4 is 33.2 Å². The molecule has 13 nitrogen and oxygen atoms in total. The number of amides is 9. The normalized spacial score (nSPS) is 9.96. The van der Waals surface area contributed by atoms with Crippen LogP contribution in [0.15, 0.2) is 0 Å². The summed E-state index contributed by atoms with van der Waals surface area (Å²) in [7, 11) is 0. The van der Waals surface area contributed by atoms with Gasteiger partial charge in [-0.1, -0.05) is 0 Å². The van der Waals surface area contributed by atoms with Crippen LogP contribution in [0.2, 0.25) is 0 Å². The van der Waals surface area contributed by atoms with Gasteiger partial charge in [-0.25, -0.2) is 14.4 Å². The van der Waals surface area contributed by atoms with Gasteiger partial charge in [-0.2, -0.15) is 0 Å². The maximum atomic E-state index is 11.4. The van der Waals surface area contributed by atoms with Crippen molar-refractivity contribution in [2.75, 3.05) is 19.6 Å². The molecule has 0 aromatic heterocycles. The zero-order valence-electron chi connectivity index (χ0n) is 13.4. The summed E-state index contributed by atoms with van der Waals surface area (Å²) in [5.74, 6) is -1.91. The number of rotatable bonds is 9. The quantitative estimate of drug-likeness (QED) is 0.251. The predicted octanol–water partition coefficient (Wildman–Crippen LogP) is -2.96. The van der Waals surface area contributed by atoms with Crippen LogP contribution in [0.25, 0.3) is 0 Å². The molecule has 0 fully saturated rings. The molecule has 0 saturated heterocycles. The number of urea groups is 3. The fourth-order valence-electron chi connectivity index (χ4n) is 1.71. The maximum Gasteiger partial charge on any atom is 0.318 e. The molecule has 9 amide bonds. The van der Waals surface area contributed by atoms with E-state index in [1.54, 1.807) is 4.90 Å². The Labute approximate surface area is 142 Å². The number of nitrogens with two attached hydrogens (primary N) is 3. The van der Waals surface area contributed by atoms with Crippen molar-refractivity contribution < 1.29 is 28.8 Å². The SMILES string of the molecule is NC(=O)NC(=O)CCN(CCC(=O)NC(N)=O)CCC(=O)NC(N)=O. The van der Waals surface area contributed by atoms with Gasteiger partial charge in [-0.15, -0.1) is 0 Å². The summed E-state index contributed by atoms with van der Waals surface area (Å²) in [5, 5.41) is 5.62. The van der Waals surface area contributed by atoms with Gasteiger partial charge in [0.15, 0.2) is 0 Å². The molecule has 0 bridgehead atoms. The van der Waals surface area contributed by atoms with Crippen LogP contribution in [-0.4, -0.2) is 60.3 Å². The minimum atomic E-state index is -1.00. The molecule has 25 heavy (non-hydrogen) atoms. The van der Waals surface area contributed by atoms with Gasteiger partial charge in [0.2, 0.25) is 17.7 Å². The van der Waals surface area contributed by atoms with Crippen LogP contribution >= 0.6 is 0 Å². The standard InChI is InChI=1S/C12H21N7O6/c13-10(23)16-7(20)1-4-19(5-2-8(21)17-11(14)24)6-3-9(22)18-12(15)25/h1-6H2,(H3,13,16,20,23)(H3,14,17,21,24)(H3,15,18,22,25). The Morgan fingerprint density at radius 3 is 1.00 bits per heavy atom. The van der Waals surface area contributed by atoms with Crippen molar-refractivity contribution in [2.45, 2.75) is 19.3 Å². The van der Waals surface area contributed by atoms with Gasteiger partial charge in [0.25, 0.3) is 0 Å². The lowest BCUT2D eigenvalue weighted by Gasteiger charge is -2.21. The lowest BCUT2D eigenvalue weighted by atomic mass is 10.2. The second-order valence-corrected chi connectivity index (χ2v) is 4.83. The predicted molar refractivity (Wildman–Crippen MR) is 83.5 cm³/mol. The van der Waals surface area contributed by atoms with Crippen LogP contribution in [0.1, 0.15) is 19.3 Å². The molecular weight excluding hydrogens is 338 g/mol. The van der Waals surface area contributed by atoms with Crippen molar-refractivity contribution in [1.82, 2.24) is 20.9 Å². The van der Waals surface area contributed by atoms with Crippen LogP contribution in [0, 0.1) is 0 Å². The van der Waals surface area contributed by atoms with Gasteiger partial charge >= 0.3 is 18.1 Å². The minimum Gasteiger partial charge on any atom is -0.351 e. The number of nitrogens with zero attached hydrogens (tertiary/aromatic N) is 1. The Morgan fingerprint density at radius 2 is 0.800 bits per heavy atom. The van der Waals surface area contributed by atoms with Gasteiger partial charge < -0.3 is 22.1 Å². The Kier molecular flexibility index (Phi) is 9.88. The summed E-state index contributed by atoms with van der Waals surface area (Å²) in [6.07, 6.45) is -0.381. The Balaban J connectivity index is 4.52. The molecule has 0 aliphatic heterocycles. The molecule has 0 rings (SSSR count). The van der Waals surface area contributed by atoms with Crippen molar-refractivity contribution in [1.29, 1.82) is 0 Å². The average Bonchev–Trinajstić information content (AvgIpc) is 2.44. The van der Waals surface area contributed by atoms with E-state index in [1.165, 1.54) is 0 Å². The van der Waals surface area contributed by atoms with Crippen molar-refractivity contribution >= 4 is 35.8 Å². The highest BCUT2D eigenvalue weighted by atomic mass is 16.2. The fraction of sp³-hybridized carbons (Fsp3) is 0.500. The molecule has 140 valence electrons. The lowest BCUT2D eigenvalue weighted by Crippen LogP contribution is -2.41. The number of imide groups is 3. The Morgan fingerprint density at radius 1 is 0.560 bits per heavy atom. The molecule has 0 spiro atoms. The molecule has 0 aromatic rings. The van der Waals surface area contributed by atoms with E-state index in [9.17, 15) is 28.8 Å². The zero-order chi connectivity index (χ0) is 19.4. The molecular formula is C12H21N7O6. The third-order valence-electron chi connectivity index (χ3n) is 2.75. The molecule has 0 atom stereocenters. The molecule has 0 heterocycles. The highest BCUT2D eigenvalue weighted by molar-refractivity contribution is 5.94. The van der Waals surface area contributed by atoms with Gasteiger partial charge in [0, 0.05) is 38.9 Å². The summed E-state index contributed by atoms with van der Waals surface area (Å²) < 4.78 is 0. The topological polar surface area (TPSA) is 220 Å². The molecule has 13 heteroatoms. The molecule has 0 saturated carbocycles. The van der Waals surface area contributed by atoms with E-state index in [-0.39, 0.29) is 38.9 Å². The number of hydrogen-bond donors (Lipinski definition) is 6.